The number of nitrogens with one attached hydrogen (secondary N) is 1. The van der Waals surface area contributed by atoms with Crippen LogP contribution in [0.15, 0.2) is 9.59 Å². The Morgan fingerprint density at radius 3 is 2.45 bits per heavy atom. The molecular weight excluding hydrogens is 258 g/mol. The largest absolute Gasteiger partial charge is 0.332 e. The van der Waals surface area contributed by atoms with E-state index in [9.17, 15) is 9.59 Å². The summed E-state index contributed by atoms with van der Waals surface area (Å²) < 4.78 is 4.57. The van der Waals surface area contributed by atoms with Gasteiger partial charge in [-0.3, -0.25) is 13.9 Å². The summed E-state index contributed by atoms with van der Waals surface area (Å²) in [6.07, 6.45) is 0.894. The predicted octanol–water partition coefficient (Wildman–Crippen LogP) is 0.124. The number of nitrogens with zero attached hydrogens (tertiary/aromatic N) is 4. The highest BCUT2D eigenvalue weighted by molar-refractivity contribution is 5.71. The van der Waals surface area contributed by atoms with E-state index in [4.69, 9.17) is 0 Å². The van der Waals surface area contributed by atoms with E-state index < -0.39 is 0 Å². The molecule has 0 amide bonds. The molecule has 2 aromatic heterocycles. The zero-order valence-electron chi connectivity index (χ0n) is 12.6. The maximum absolute atomic E-state index is 12.2. The number of fused-ring (bicyclic) bond motifs is 1. The molecule has 2 heterocycles. The van der Waals surface area contributed by atoms with Gasteiger partial charge in [-0.1, -0.05) is 6.92 Å². The minimum Gasteiger partial charge on any atom is -0.313 e. The van der Waals surface area contributed by atoms with Crippen molar-refractivity contribution in [2.24, 2.45) is 14.1 Å². The number of hydrogen-bond donors (Lipinski definition) is 1. The SMILES string of the molecule is CCC(C)n1c(CNC)nc2c(=O)n(C)c(=O)n(C)c21. The van der Waals surface area contributed by atoms with E-state index in [-0.39, 0.29) is 17.3 Å². The van der Waals surface area contributed by atoms with Crippen molar-refractivity contribution in [1.29, 1.82) is 0 Å². The van der Waals surface area contributed by atoms with Gasteiger partial charge in [-0.15, -0.1) is 0 Å². The van der Waals surface area contributed by atoms with Gasteiger partial charge in [0.2, 0.25) is 0 Å². The average Bonchev–Trinajstić information content (AvgIpc) is 2.82. The minimum absolute atomic E-state index is 0.168. The first-order chi connectivity index (χ1) is 9.43. The Bertz CT molecular complexity index is 753. The summed E-state index contributed by atoms with van der Waals surface area (Å²) in [6.45, 7) is 4.68. The monoisotopic (exact) mass is 279 g/mol. The molecule has 0 fully saturated rings. The molecule has 1 unspecified atom stereocenters. The average molecular weight is 279 g/mol. The summed E-state index contributed by atoms with van der Waals surface area (Å²) in [6, 6.07) is 0.168. The van der Waals surface area contributed by atoms with E-state index in [0.29, 0.717) is 17.7 Å². The molecule has 0 aliphatic rings. The Kier molecular flexibility index (Phi) is 3.80. The molecule has 7 nitrogen and oxygen atoms in total. The molecule has 1 atom stereocenters. The zero-order chi connectivity index (χ0) is 15.0. The van der Waals surface area contributed by atoms with Gasteiger partial charge < -0.3 is 9.88 Å². The number of rotatable bonds is 4. The molecule has 0 saturated carbocycles. The highest BCUT2D eigenvalue weighted by Crippen LogP contribution is 2.20. The van der Waals surface area contributed by atoms with Crippen molar-refractivity contribution in [1.82, 2.24) is 24.0 Å². The Morgan fingerprint density at radius 2 is 1.90 bits per heavy atom. The first-order valence-electron chi connectivity index (χ1n) is 6.75. The lowest BCUT2D eigenvalue weighted by atomic mass is 10.2. The van der Waals surface area contributed by atoms with Crippen LogP contribution < -0.4 is 16.6 Å². The van der Waals surface area contributed by atoms with Crippen molar-refractivity contribution < 1.29 is 0 Å². The van der Waals surface area contributed by atoms with Crippen LogP contribution in [0, 0.1) is 0 Å². The van der Waals surface area contributed by atoms with Crippen LogP contribution in [-0.2, 0) is 20.6 Å². The normalized spacial score (nSPS) is 13.1. The number of aryl methyl sites for hydroxylation is 1. The van der Waals surface area contributed by atoms with E-state index in [1.807, 2.05) is 11.6 Å². The highest BCUT2D eigenvalue weighted by atomic mass is 16.2. The van der Waals surface area contributed by atoms with Crippen LogP contribution >= 0.6 is 0 Å². The van der Waals surface area contributed by atoms with Crippen LogP contribution in [-0.4, -0.2) is 25.7 Å². The van der Waals surface area contributed by atoms with Crippen LogP contribution in [0.2, 0.25) is 0 Å². The first-order valence-corrected chi connectivity index (χ1v) is 6.75. The van der Waals surface area contributed by atoms with Gasteiger partial charge in [0.15, 0.2) is 5.52 Å². The standard InChI is InChI=1S/C13H21N5O2/c1-6-8(2)18-9(7-14-3)15-10-11(18)16(4)13(20)17(5)12(10)19/h8,14H,6-7H2,1-5H3. The second kappa shape index (κ2) is 5.24. The molecule has 2 aromatic rings. The summed E-state index contributed by atoms with van der Waals surface area (Å²) in [4.78, 5) is 28.8. The molecule has 1 N–H and O–H groups in total. The predicted molar refractivity (Wildman–Crippen MR) is 78.0 cm³/mol. The van der Waals surface area contributed by atoms with Crippen molar-refractivity contribution in [3.63, 3.8) is 0 Å². The molecule has 0 bridgehead atoms. The van der Waals surface area contributed by atoms with Crippen molar-refractivity contribution >= 4 is 11.2 Å². The maximum Gasteiger partial charge on any atom is 0.332 e. The Hall–Kier alpha value is -1.89. The summed E-state index contributed by atoms with van der Waals surface area (Å²) in [5, 5.41) is 3.05. The fourth-order valence-corrected chi connectivity index (χ4v) is 2.42. The van der Waals surface area contributed by atoms with Gasteiger partial charge in [0.05, 0.1) is 6.54 Å². The summed E-state index contributed by atoms with van der Waals surface area (Å²) in [5.74, 6) is 0.773. The number of hydrogen-bond acceptors (Lipinski definition) is 4. The third-order valence-electron chi connectivity index (χ3n) is 3.72. The van der Waals surface area contributed by atoms with Crippen molar-refractivity contribution in [3.05, 3.63) is 26.7 Å². The van der Waals surface area contributed by atoms with Crippen molar-refractivity contribution in [2.75, 3.05) is 7.05 Å². The molecule has 2 rings (SSSR count). The van der Waals surface area contributed by atoms with Crippen molar-refractivity contribution in [2.45, 2.75) is 32.9 Å². The van der Waals surface area contributed by atoms with Gasteiger partial charge in [-0.25, -0.2) is 9.78 Å². The van der Waals surface area contributed by atoms with E-state index in [1.54, 1.807) is 7.05 Å². The van der Waals surface area contributed by atoms with E-state index in [2.05, 4.69) is 24.1 Å². The Labute approximate surface area is 116 Å². The summed E-state index contributed by atoms with van der Waals surface area (Å²) in [5.41, 5.74) is 0.267. The van der Waals surface area contributed by atoms with Crippen molar-refractivity contribution in [3.8, 4) is 0 Å². The van der Waals surface area contributed by atoms with Crippen LogP contribution in [0.4, 0.5) is 0 Å². The third-order valence-corrected chi connectivity index (χ3v) is 3.72. The van der Waals surface area contributed by atoms with Crippen LogP contribution in [0.5, 0.6) is 0 Å². The fourth-order valence-electron chi connectivity index (χ4n) is 2.42. The third kappa shape index (κ3) is 1.98. The quantitative estimate of drug-likeness (QED) is 0.863. The summed E-state index contributed by atoms with van der Waals surface area (Å²) >= 11 is 0. The van der Waals surface area contributed by atoms with E-state index >= 15 is 0 Å². The number of imidazole rings is 1. The highest BCUT2D eigenvalue weighted by Gasteiger charge is 2.20. The van der Waals surface area contributed by atoms with Crippen LogP contribution in [0.1, 0.15) is 32.1 Å². The van der Waals surface area contributed by atoms with Gasteiger partial charge in [-0.2, -0.15) is 0 Å². The summed E-state index contributed by atoms with van der Waals surface area (Å²) in [7, 11) is 4.98. The molecular formula is C13H21N5O2. The maximum atomic E-state index is 12.2. The van der Waals surface area contributed by atoms with Gasteiger partial charge in [0.1, 0.15) is 11.5 Å². The molecule has 110 valence electrons. The lowest BCUT2D eigenvalue weighted by molar-refractivity contribution is 0.504. The lowest BCUT2D eigenvalue weighted by Gasteiger charge is -2.17. The Balaban J connectivity index is 2.97. The Morgan fingerprint density at radius 1 is 1.25 bits per heavy atom. The van der Waals surface area contributed by atoms with Gasteiger partial charge in [0, 0.05) is 20.1 Å². The second-order valence-electron chi connectivity index (χ2n) is 5.06. The van der Waals surface area contributed by atoms with E-state index in [1.165, 1.54) is 11.6 Å². The molecule has 7 heteroatoms. The molecule has 0 radical (unpaired) electrons. The first kappa shape index (κ1) is 14.5. The zero-order valence-corrected chi connectivity index (χ0v) is 12.6. The molecule has 0 saturated heterocycles. The van der Waals surface area contributed by atoms with Crippen LogP contribution in [0.3, 0.4) is 0 Å². The molecule has 0 aliphatic heterocycles. The van der Waals surface area contributed by atoms with E-state index in [0.717, 1.165) is 16.8 Å². The molecule has 0 aliphatic carbocycles. The molecule has 0 spiro atoms. The second-order valence-corrected chi connectivity index (χ2v) is 5.06. The van der Waals surface area contributed by atoms with Gasteiger partial charge in [-0.05, 0) is 20.4 Å². The van der Waals surface area contributed by atoms with Gasteiger partial charge >= 0.3 is 5.69 Å². The minimum atomic E-state index is -0.345. The van der Waals surface area contributed by atoms with Crippen LogP contribution in [0.25, 0.3) is 11.2 Å². The molecule has 0 aromatic carbocycles. The topological polar surface area (TPSA) is 73.8 Å². The smallest absolute Gasteiger partial charge is 0.313 e. The number of aromatic nitrogens is 4. The lowest BCUT2D eigenvalue weighted by Crippen LogP contribution is -2.37. The van der Waals surface area contributed by atoms with Gasteiger partial charge in [0.25, 0.3) is 5.56 Å². The molecule has 20 heavy (non-hydrogen) atoms. The fraction of sp³-hybridized carbons (Fsp3) is 0.615.